The average molecular weight is 1010 g/mol. The molecule has 11 heteroatoms. The van der Waals surface area contributed by atoms with E-state index in [9.17, 15) is 31.6 Å². The van der Waals surface area contributed by atoms with E-state index in [4.69, 9.17) is 0 Å². The molecular weight excluding hydrogens is 974 g/mol. The Hall–Kier alpha value is -11.5. The van der Waals surface area contributed by atoms with E-state index in [2.05, 4.69) is 30.3 Å². The van der Waals surface area contributed by atoms with Gasteiger partial charge in [0, 0.05) is 32.7 Å². The van der Waals surface area contributed by atoms with Crippen molar-refractivity contribution < 1.29 is 13.2 Å². The van der Waals surface area contributed by atoms with E-state index in [1.54, 1.807) is 60.7 Å². The molecule has 0 aliphatic heterocycles. The topological polar surface area (TPSA) is 153 Å². The molecule has 0 atom stereocenters. The first kappa shape index (κ1) is 47.5. The Labute approximate surface area is 444 Å². The Morgan fingerprint density at radius 1 is 0.308 bits per heavy atom. The highest BCUT2D eigenvalue weighted by Crippen LogP contribution is 2.46. The average Bonchev–Trinajstić information content (AvgIpc) is 4.22. The summed E-state index contributed by atoms with van der Waals surface area (Å²) in [5.41, 5.74) is 9.77. The summed E-state index contributed by atoms with van der Waals surface area (Å²) < 4.78 is 50.2. The summed E-state index contributed by atoms with van der Waals surface area (Å²) in [6.45, 7) is 0. The van der Waals surface area contributed by atoms with Gasteiger partial charge >= 0.3 is 6.18 Å². The maximum atomic E-state index is 15.4. The SMILES string of the molecule is N#Cc1ccc(-c2ccc3c4ccc(-c5ccc(C#N)cc5)cc4n(-c4cc(C#N)c(-c5c(C#N)cccc5C(F)(F)F)cc4-n4c5cc(-c6ccc(C#N)cc6)ccc5c5ccc(-c6ccc(C#N)cc6)cc54)c3c2)cc1. The molecule has 0 radical (unpaired) electrons. The van der Waals surface area contributed by atoms with Crippen LogP contribution in [0.4, 0.5) is 13.2 Å². The van der Waals surface area contributed by atoms with Crippen molar-refractivity contribution >= 4 is 43.6 Å². The summed E-state index contributed by atoms with van der Waals surface area (Å²) in [5, 5.41) is 63.8. The number of alkyl halides is 3. The van der Waals surface area contributed by atoms with E-state index in [1.807, 2.05) is 137 Å². The van der Waals surface area contributed by atoms with Crippen LogP contribution >= 0.6 is 0 Å². The summed E-state index contributed by atoms with van der Waals surface area (Å²) >= 11 is 0. The Balaban J connectivity index is 1.27. The van der Waals surface area contributed by atoms with Crippen LogP contribution in [0, 0.1) is 68.0 Å². The molecule has 0 amide bonds. The maximum Gasteiger partial charge on any atom is 0.417 e. The lowest BCUT2D eigenvalue weighted by Crippen LogP contribution is -2.10. The maximum absolute atomic E-state index is 15.4. The van der Waals surface area contributed by atoms with E-state index in [0.717, 1.165) is 72.1 Å². The van der Waals surface area contributed by atoms with Crippen molar-refractivity contribution in [3.63, 3.8) is 0 Å². The number of benzene rings is 10. The van der Waals surface area contributed by atoms with Gasteiger partial charge in [0.1, 0.15) is 0 Å². The molecule has 0 spiro atoms. The van der Waals surface area contributed by atoms with Gasteiger partial charge in [-0.1, -0.05) is 103 Å². The molecule has 12 aromatic rings. The molecule has 0 unspecified atom stereocenters. The minimum atomic E-state index is -4.93. The first-order valence-electron chi connectivity index (χ1n) is 24.4. The number of aromatic nitrogens is 2. The van der Waals surface area contributed by atoms with Crippen LogP contribution in [0.15, 0.2) is 200 Å². The molecule has 12 rings (SSSR count). The molecule has 10 aromatic carbocycles. The summed E-state index contributed by atoms with van der Waals surface area (Å²) in [4.78, 5) is 0. The first-order chi connectivity index (χ1) is 38.0. The number of fused-ring (bicyclic) bond motifs is 6. The zero-order chi connectivity index (χ0) is 53.8. The standard InChI is InChI=1S/C67H33F3N8/c68-67(69,70)59-3-1-2-52(38-75)66(59)58-33-65(78-62-30-50(46-16-8-42(36-73)9-17-46)22-26-56(62)57-27-23-51(31-63(57)78)47-18-10-43(37-74)11-19-47)64(32-53(58)39-76)77-60-28-48(44-12-4-40(34-71)5-13-44)20-24-54(60)55-25-21-49(29-61(55)77)45-14-6-41(35-72)7-15-45/h1-33H. The van der Waals surface area contributed by atoms with Crippen molar-refractivity contribution in [3.05, 3.63) is 239 Å². The quantitative estimate of drug-likeness (QED) is 0.155. The normalized spacial score (nSPS) is 11.2. The molecule has 0 aliphatic rings. The van der Waals surface area contributed by atoms with Gasteiger partial charge < -0.3 is 9.13 Å². The number of halogens is 3. The summed E-state index contributed by atoms with van der Waals surface area (Å²) in [7, 11) is 0. The number of hydrogen-bond acceptors (Lipinski definition) is 6. The van der Waals surface area contributed by atoms with E-state index < -0.39 is 17.3 Å². The van der Waals surface area contributed by atoms with Crippen molar-refractivity contribution in [2.24, 2.45) is 0 Å². The van der Waals surface area contributed by atoms with E-state index in [1.165, 1.54) is 12.1 Å². The lowest BCUT2D eigenvalue weighted by Gasteiger charge is -2.22. The molecule has 362 valence electrons. The molecule has 0 saturated heterocycles. The highest BCUT2D eigenvalue weighted by Gasteiger charge is 2.36. The second kappa shape index (κ2) is 18.8. The van der Waals surface area contributed by atoms with Crippen LogP contribution in [0.2, 0.25) is 0 Å². The molecule has 0 fully saturated rings. The third kappa shape index (κ3) is 7.99. The molecule has 2 aromatic heterocycles. The Kier molecular flexibility index (Phi) is 11.4. The van der Waals surface area contributed by atoms with Crippen molar-refractivity contribution in [2.75, 3.05) is 0 Å². The van der Waals surface area contributed by atoms with Gasteiger partial charge in [0.05, 0.1) is 109 Å². The van der Waals surface area contributed by atoms with Crippen molar-refractivity contribution in [1.29, 1.82) is 31.6 Å². The van der Waals surface area contributed by atoms with Gasteiger partial charge in [0.25, 0.3) is 0 Å². The molecule has 0 aliphatic carbocycles. The van der Waals surface area contributed by atoms with Crippen LogP contribution in [0.5, 0.6) is 0 Å². The van der Waals surface area contributed by atoms with Crippen LogP contribution in [-0.4, -0.2) is 9.13 Å². The smallest absolute Gasteiger partial charge is 0.307 e. The summed E-state index contributed by atoms with van der Waals surface area (Å²) in [6.07, 6.45) is -4.93. The van der Waals surface area contributed by atoms with Crippen LogP contribution < -0.4 is 0 Å². The first-order valence-corrected chi connectivity index (χ1v) is 24.4. The van der Waals surface area contributed by atoms with Gasteiger partial charge in [-0.25, -0.2) is 0 Å². The zero-order valence-corrected chi connectivity index (χ0v) is 40.8. The highest BCUT2D eigenvalue weighted by atomic mass is 19.4. The summed E-state index contributed by atoms with van der Waals surface area (Å²) in [6, 6.07) is 72.3. The number of nitriles is 6. The van der Waals surface area contributed by atoms with Crippen molar-refractivity contribution in [3.8, 4) is 103 Å². The predicted molar refractivity (Wildman–Crippen MR) is 296 cm³/mol. The van der Waals surface area contributed by atoms with Gasteiger partial charge in [0.15, 0.2) is 0 Å². The lowest BCUT2D eigenvalue weighted by atomic mass is 9.90. The van der Waals surface area contributed by atoms with E-state index >= 15 is 13.2 Å². The van der Waals surface area contributed by atoms with Crippen LogP contribution in [0.3, 0.4) is 0 Å². The Morgan fingerprint density at radius 3 is 0.910 bits per heavy atom. The zero-order valence-electron chi connectivity index (χ0n) is 40.8. The third-order valence-electron chi connectivity index (χ3n) is 14.4. The Bertz CT molecular complexity index is 4520. The molecule has 8 nitrogen and oxygen atoms in total. The van der Waals surface area contributed by atoms with Gasteiger partial charge in [0.2, 0.25) is 0 Å². The minimum Gasteiger partial charge on any atom is -0.307 e. The number of rotatable bonds is 7. The fourth-order valence-corrected chi connectivity index (χ4v) is 10.6. The van der Waals surface area contributed by atoms with Crippen LogP contribution in [-0.2, 0) is 6.18 Å². The monoisotopic (exact) mass is 1010 g/mol. The number of nitrogens with zero attached hydrogens (tertiary/aromatic N) is 8. The minimum absolute atomic E-state index is 0.112. The Morgan fingerprint density at radius 2 is 0.615 bits per heavy atom. The lowest BCUT2D eigenvalue weighted by molar-refractivity contribution is -0.137. The third-order valence-corrected chi connectivity index (χ3v) is 14.4. The molecule has 0 bridgehead atoms. The largest absolute Gasteiger partial charge is 0.417 e. The molecule has 0 saturated carbocycles. The van der Waals surface area contributed by atoms with Crippen molar-refractivity contribution in [2.45, 2.75) is 6.18 Å². The molecule has 2 heterocycles. The van der Waals surface area contributed by atoms with Gasteiger partial charge in [-0.05, 0) is 142 Å². The molecule has 78 heavy (non-hydrogen) atoms. The predicted octanol–water partition coefficient (Wildman–Crippen LogP) is 16.5. The fraction of sp³-hybridized carbons (Fsp3) is 0.0149. The van der Waals surface area contributed by atoms with Gasteiger partial charge in [-0.15, -0.1) is 0 Å². The molecule has 0 N–H and O–H groups in total. The fourth-order valence-electron chi connectivity index (χ4n) is 10.6. The summed E-state index contributed by atoms with van der Waals surface area (Å²) in [5.74, 6) is 0. The van der Waals surface area contributed by atoms with E-state index in [-0.39, 0.29) is 16.7 Å². The van der Waals surface area contributed by atoms with E-state index in [0.29, 0.717) is 55.7 Å². The number of hydrogen-bond donors (Lipinski definition) is 0. The van der Waals surface area contributed by atoms with Gasteiger partial charge in [-0.3, -0.25) is 0 Å². The highest BCUT2D eigenvalue weighted by molar-refractivity contribution is 6.14. The van der Waals surface area contributed by atoms with Crippen molar-refractivity contribution in [1.82, 2.24) is 9.13 Å². The molecular formula is C67H33F3N8. The van der Waals surface area contributed by atoms with Gasteiger partial charge in [-0.2, -0.15) is 44.7 Å². The second-order valence-electron chi connectivity index (χ2n) is 18.7. The van der Waals surface area contributed by atoms with Crippen LogP contribution in [0.25, 0.3) is 111 Å². The second-order valence-corrected chi connectivity index (χ2v) is 18.7. The van der Waals surface area contributed by atoms with Crippen LogP contribution in [0.1, 0.15) is 38.9 Å².